The van der Waals surface area contributed by atoms with Gasteiger partial charge in [-0.2, -0.15) is 144 Å². The number of halogens is 26. The van der Waals surface area contributed by atoms with Crippen molar-refractivity contribution in [2.75, 3.05) is 49.2 Å². The Labute approximate surface area is 433 Å². The molecule has 2 aromatic rings. The van der Waals surface area contributed by atoms with Crippen LogP contribution in [0, 0.1) is 35.5 Å². The van der Waals surface area contributed by atoms with E-state index in [4.69, 9.17) is 0 Å². The largest absolute Gasteiger partial charge is 0.460 e. The Morgan fingerprint density at radius 3 is 0.800 bits per heavy atom. The maximum Gasteiger partial charge on any atom is 0.460 e. The lowest BCUT2D eigenvalue weighted by Crippen LogP contribution is -2.70. The molecule has 80 heavy (non-hydrogen) atoms. The van der Waals surface area contributed by atoms with Crippen LogP contribution in [0.5, 0.6) is 12.0 Å². The number of aromatic nitrogens is 6. The number of alkyl halides is 26. The monoisotopic (exact) mass is 1210 g/mol. The van der Waals surface area contributed by atoms with E-state index in [0.717, 1.165) is 38.5 Å². The third-order valence-electron chi connectivity index (χ3n) is 16.8. The van der Waals surface area contributed by atoms with Gasteiger partial charge in [-0.15, -0.1) is 0 Å². The van der Waals surface area contributed by atoms with Gasteiger partial charge in [-0.3, -0.25) is 0 Å². The molecule has 9 aliphatic rings. The van der Waals surface area contributed by atoms with Crippen LogP contribution in [0.4, 0.5) is 126 Å². The minimum Gasteiger partial charge on any atom is -0.457 e. The van der Waals surface area contributed by atoms with Crippen molar-refractivity contribution < 1.29 is 124 Å². The Bertz CT molecular complexity index is 2410. The van der Waals surface area contributed by atoms with Crippen molar-refractivity contribution in [2.45, 2.75) is 159 Å². The van der Waals surface area contributed by atoms with Crippen LogP contribution in [0.3, 0.4) is 0 Å². The van der Waals surface area contributed by atoms with Gasteiger partial charge in [0.15, 0.2) is 13.2 Å². The number of ether oxygens (including phenoxy) is 2. The molecule has 1 saturated heterocycles. The molecule has 8 saturated carbocycles. The van der Waals surface area contributed by atoms with Crippen LogP contribution >= 0.6 is 0 Å². The summed E-state index contributed by atoms with van der Waals surface area (Å²) in [4.78, 5) is 27.0. The molecular formula is C44H42F26N8O2. The Kier molecular flexibility index (Phi) is 13.8. The van der Waals surface area contributed by atoms with E-state index in [1.54, 1.807) is 0 Å². The molecule has 36 heteroatoms. The van der Waals surface area contributed by atoms with E-state index in [1.165, 1.54) is 9.80 Å². The average molecular weight is 1210 g/mol. The summed E-state index contributed by atoms with van der Waals surface area (Å²) in [5, 5.41) is 0. The second-order valence-electron chi connectivity index (χ2n) is 22.4. The van der Waals surface area contributed by atoms with Crippen LogP contribution in [0.25, 0.3) is 0 Å². The predicted molar refractivity (Wildman–Crippen MR) is 216 cm³/mol. The Hall–Kier alpha value is -4.60. The SMILES string of the molecule is FC(F)(F)C(F)(F)C(F)(F)C(F)(F)C(F)(F)C(F)(F)COc1nc(N2CCN(c3nc(OCC(F)(F)C(F)(F)C(F)(F)C(F)(F)C(F)(F)C(F)(F)F)nc(C45CC6CC(CC(C6)C4)C5)n3)CC2)nc(C23CC4CC(CC(C4)C2)C3)n1. The molecule has 1 aliphatic heterocycles. The fraction of sp³-hybridized carbons (Fsp3) is 0.864. The molecule has 0 radical (unpaired) electrons. The van der Waals surface area contributed by atoms with Crippen molar-refractivity contribution in [2.24, 2.45) is 35.5 Å². The highest BCUT2D eigenvalue weighted by atomic mass is 19.4. The van der Waals surface area contributed by atoms with E-state index in [1.807, 2.05) is 0 Å². The minimum atomic E-state index is -8.18. The normalized spacial score (nSPS) is 29.2. The summed E-state index contributed by atoms with van der Waals surface area (Å²) in [6, 6.07) is -2.74. The lowest BCUT2D eigenvalue weighted by Gasteiger charge is -2.56. The summed E-state index contributed by atoms with van der Waals surface area (Å²) in [5.74, 6) is -78.6. The second kappa shape index (κ2) is 18.4. The summed E-state index contributed by atoms with van der Waals surface area (Å²) < 4.78 is 372. The fourth-order valence-corrected chi connectivity index (χ4v) is 13.5. The molecule has 8 aliphatic carbocycles. The predicted octanol–water partition coefficient (Wildman–Crippen LogP) is 12.6. The van der Waals surface area contributed by atoms with Gasteiger partial charge in [0.1, 0.15) is 11.6 Å². The molecule has 0 unspecified atom stereocenters. The van der Waals surface area contributed by atoms with Gasteiger partial charge in [-0.1, -0.05) is 0 Å². The zero-order valence-corrected chi connectivity index (χ0v) is 40.4. The molecule has 0 amide bonds. The van der Waals surface area contributed by atoms with E-state index in [9.17, 15) is 96.6 Å². The van der Waals surface area contributed by atoms with Gasteiger partial charge >= 0.3 is 83.6 Å². The van der Waals surface area contributed by atoms with Gasteiger partial charge in [0.2, 0.25) is 11.9 Å². The first kappa shape index (κ1) is 60.0. The molecule has 8 bridgehead atoms. The lowest BCUT2D eigenvalue weighted by molar-refractivity contribution is -0.440. The average Bonchev–Trinajstić information content (AvgIpc) is 3.33. The van der Waals surface area contributed by atoms with Crippen molar-refractivity contribution >= 4 is 11.9 Å². The molecule has 9 fully saturated rings. The van der Waals surface area contributed by atoms with Gasteiger partial charge in [0.05, 0.1) is 0 Å². The molecule has 0 aromatic carbocycles. The number of piperazine rings is 1. The zero-order chi connectivity index (χ0) is 59.5. The van der Waals surface area contributed by atoms with E-state index >= 15 is 17.6 Å². The third-order valence-corrected chi connectivity index (χ3v) is 16.8. The summed E-state index contributed by atoms with van der Waals surface area (Å²) in [6.45, 7) is -7.78. The van der Waals surface area contributed by atoms with Crippen LogP contribution in [-0.2, 0) is 10.8 Å². The molecule has 0 N–H and O–H groups in total. The number of hydrogen-bond donors (Lipinski definition) is 0. The minimum absolute atomic E-state index is 0.0541. The van der Waals surface area contributed by atoms with Crippen molar-refractivity contribution in [3.05, 3.63) is 11.6 Å². The van der Waals surface area contributed by atoms with Crippen molar-refractivity contribution in [1.82, 2.24) is 29.9 Å². The smallest absolute Gasteiger partial charge is 0.457 e. The van der Waals surface area contributed by atoms with E-state index < -0.39 is 120 Å². The van der Waals surface area contributed by atoms with E-state index in [0.29, 0.717) is 38.5 Å². The summed E-state index contributed by atoms with van der Waals surface area (Å²) in [6.07, 6.45) is -8.70. The summed E-state index contributed by atoms with van der Waals surface area (Å²) in [5.41, 5.74) is -2.00. The highest BCUT2D eigenvalue weighted by Gasteiger charge is 2.92. The molecule has 11 rings (SSSR count). The maximum absolute atomic E-state index is 15.0. The molecule has 0 spiro atoms. The van der Waals surface area contributed by atoms with Gasteiger partial charge in [0, 0.05) is 37.0 Å². The highest BCUT2D eigenvalue weighted by molar-refractivity contribution is 5.40. The highest BCUT2D eigenvalue weighted by Crippen LogP contribution is 2.65. The lowest BCUT2D eigenvalue weighted by atomic mass is 9.49. The van der Waals surface area contributed by atoms with Crippen molar-refractivity contribution in [3.8, 4) is 12.0 Å². The zero-order valence-electron chi connectivity index (χ0n) is 40.4. The number of nitrogens with zero attached hydrogens (tertiary/aromatic N) is 8. The Morgan fingerprint density at radius 1 is 0.325 bits per heavy atom. The number of hydrogen-bond acceptors (Lipinski definition) is 10. The summed E-state index contributed by atoms with van der Waals surface area (Å²) in [7, 11) is 0. The molecule has 2 aromatic heterocycles. The van der Waals surface area contributed by atoms with Gasteiger partial charge in [0.25, 0.3) is 0 Å². The first-order valence-corrected chi connectivity index (χ1v) is 24.5. The Morgan fingerprint density at radius 2 is 0.562 bits per heavy atom. The standard InChI is InChI=1S/C44H42F26N8O2/c45-33(46,35(49,50)37(53,54)39(57,58)41(61,62)43(65,66)67)17-79-29-73-25(31-11-19-5-20(12-31)7-21(6-19)13-31)71-27(75-29)77-1-2-78(4-3-77)28-72-26(32-14-22-8-23(15-32)10-24(9-22)16-32)74-30(76-28)80-18-34(47,48)36(51,52)38(55,56)40(59,60)42(63,64)44(68,69)70/h19-24H,1-18H2. The topological polar surface area (TPSA) is 102 Å². The van der Waals surface area contributed by atoms with E-state index in [2.05, 4.69) is 39.4 Å². The van der Waals surface area contributed by atoms with Crippen LogP contribution < -0.4 is 19.3 Å². The molecule has 452 valence electrons. The summed E-state index contributed by atoms with van der Waals surface area (Å²) >= 11 is 0. The first-order chi connectivity index (χ1) is 36.3. The fourth-order valence-electron chi connectivity index (χ4n) is 13.5. The van der Waals surface area contributed by atoms with Crippen LogP contribution in [0.15, 0.2) is 0 Å². The molecule has 10 nitrogen and oxygen atoms in total. The van der Waals surface area contributed by atoms with Crippen molar-refractivity contribution in [3.63, 3.8) is 0 Å². The molecular weight excluding hydrogens is 1170 g/mol. The molecule has 0 atom stereocenters. The maximum atomic E-state index is 15.0. The van der Waals surface area contributed by atoms with Gasteiger partial charge < -0.3 is 19.3 Å². The van der Waals surface area contributed by atoms with Crippen LogP contribution in [0.1, 0.15) is 88.7 Å². The number of rotatable bonds is 18. The molecule has 3 heterocycles. The quantitative estimate of drug-likeness (QED) is 0.134. The third kappa shape index (κ3) is 9.12. The van der Waals surface area contributed by atoms with Gasteiger partial charge in [-0.05, 0) is 113 Å². The van der Waals surface area contributed by atoms with Crippen LogP contribution in [0.2, 0.25) is 0 Å². The Balaban J connectivity index is 0.997. The van der Waals surface area contributed by atoms with Crippen LogP contribution in [-0.4, -0.2) is 141 Å². The second-order valence-corrected chi connectivity index (χ2v) is 22.4. The van der Waals surface area contributed by atoms with Crippen molar-refractivity contribution in [1.29, 1.82) is 0 Å². The van der Waals surface area contributed by atoms with E-state index in [-0.39, 0.29) is 73.3 Å². The number of anilines is 2. The van der Waals surface area contributed by atoms with Gasteiger partial charge in [-0.25, -0.2) is 0 Å². The first-order valence-electron chi connectivity index (χ1n) is 24.5.